The molecule has 30 heavy (non-hydrogen) atoms. The van der Waals surface area contributed by atoms with Crippen molar-refractivity contribution in [2.75, 3.05) is 53.4 Å². The van der Waals surface area contributed by atoms with E-state index in [9.17, 15) is 13.6 Å². The van der Waals surface area contributed by atoms with Crippen LogP contribution in [0, 0.1) is 11.6 Å². The lowest BCUT2D eigenvalue weighted by Gasteiger charge is -2.38. The molecule has 2 fully saturated rings. The summed E-state index contributed by atoms with van der Waals surface area (Å²) in [5, 5.41) is 6.89. The molecule has 0 bridgehead atoms. The van der Waals surface area contributed by atoms with Gasteiger partial charge in [0.2, 0.25) is 0 Å². The minimum absolute atomic E-state index is 0.0540. The van der Waals surface area contributed by atoms with Crippen molar-refractivity contribution in [2.24, 2.45) is 0 Å². The molecule has 9 heteroatoms. The number of benzene rings is 1. The fourth-order valence-electron chi connectivity index (χ4n) is 4.02. The van der Waals surface area contributed by atoms with Crippen molar-refractivity contribution in [2.45, 2.75) is 31.7 Å². The molecule has 2 saturated heterocycles. The first-order chi connectivity index (χ1) is 14.4. The molecule has 168 valence electrons. The number of ether oxygens (including phenoxy) is 1. The van der Waals surface area contributed by atoms with Crippen LogP contribution in [0.1, 0.15) is 36.0 Å². The van der Waals surface area contributed by atoms with Crippen molar-refractivity contribution in [3.8, 4) is 5.75 Å². The highest BCUT2D eigenvalue weighted by Crippen LogP contribution is 2.29. The van der Waals surface area contributed by atoms with Gasteiger partial charge in [0.25, 0.3) is 12.4 Å². The van der Waals surface area contributed by atoms with Crippen LogP contribution in [-0.2, 0) is 4.79 Å². The van der Waals surface area contributed by atoms with Gasteiger partial charge in [-0.15, -0.1) is 0 Å². The van der Waals surface area contributed by atoms with Crippen LogP contribution >= 0.6 is 0 Å². The predicted molar refractivity (Wildman–Crippen MR) is 109 cm³/mol. The summed E-state index contributed by atoms with van der Waals surface area (Å²) in [5.41, 5.74) is -0.288. The zero-order valence-corrected chi connectivity index (χ0v) is 17.6. The van der Waals surface area contributed by atoms with Crippen molar-refractivity contribution in [3.63, 3.8) is 0 Å². The Morgan fingerprint density at radius 1 is 1.20 bits per heavy atom. The van der Waals surface area contributed by atoms with Crippen molar-refractivity contribution < 1.29 is 28.2 Å². The van der Waals surface area contributed by atoms with E-state index in [-0.39, 0.29) is 23.8 Å². The topological polar surface area (TPSA) is 73.3 Å². The lowest BCUT2D eigenvalue weighted by Crippen LogP contribution is -2.48. The Hall–Kier alpha value is -2.26. The molecule has 1 unspecified atom stereocenters. The van der Waals surface area contributed by atoms with Crippen LogP contribution in [0.3, 0.4) is 0 Å². The van der Waals surface area contributed by atoms with Crippen LogP contribution in [0.25, 0.3) is 0 Å². The van der Waals surface area contributed by atoms with E-state index in [0.717, 1.165) is 64.5 Å². The van der Waals surface area contributed by atoms with Gasteiger partial charge < -0.3 is 24.5 Å². The van der Waals surface area contributed by atoms with E-state index in [1.165, 1.54) is 13.2 Å². The van der Waals surface area contributed by atoms with E-state index in [0.29, 0.717) is 6.54 Å². The Balaban J connectivity index is 0.00000101. The Bertz CT molecular complexity index is 712. The Labute approximate surface area is 176 Å². The lowest BCUT2D eigenvalue weighted by atomic mass is 9.97. The average molecular weight is 427 g/mol. The number of piperidine rings is 1. The number of piperazine rings is 1. The van der Waals surface area contributed by atoms with Gasteiger partial charge in [0.05, 0.1) is 7.11 Å². The van der Waals surface area contributed by atoms with Gasteiger partial charge in [-0.05, 0) is 44.9 Å². The van der Waals surface area contributed by atoms with Gasteiger partial charge in [0, 0.05) is 45.3 Å². The number of carbonyl (C=O) groups is 2. The normalized spacial score (nSPS) is 20.3. The molecule has 0 saturated carbocycles. The molecule has 2 aliphatic heterocycles. The van der Waals surface area contributed by atoms with E-state index < -0.39 is 17.5 Å². The fourth-order valence-corrected chi connectivity index (χ4v) is 4.02. The number of halogens is 2. The SMILES string of the molecule is COc1ccc(F)c(F)c1C(=O)N1CCCCC1CCN1CCN(C)CC1.O=CO. The van der Waals surface area contributed by atoms with Crippen LogP contribution < -0.4 is 4.74 Å². The highest BCUT2D eigenvalue weighted by atomic mass is 19.2. The third-order valence-electron chi connectivity index (χ3n) is 5.75. The number of nitrogens with zero attached hydrogens (tertiary/aromatic N) is 3. The second-order valence-corrected chi connectivity index (χ2v) is 7.63. The van der Waals surface area contributed by atoms with Gasteiger partial charge in [0.15, 0.2) is 11.6 Å². The summed E-state index contributed by atoms with van der Waals surface area (Å²) in [6, 6.07) is 2.36. The number of carboxylic acid groups (broad SMARTS) is 1. The number of likely N-dealkylation sites (tertiary alicyclic amines) is 1. The Morgan fingerprint density at radius 2 is 1.87 bits per heavy atom. The van der Waals surface area contributed by atoms with Gasteiger partial charge in [-0.3, -0.25) is 9.59 Å². The van der Waals surface area contributed by atoms with Gasteiger partial charge in [-0.25, -0.2) is 8.78 Å². The number of likely N-dealkylation sites (N-methyl/N-ethyl adjacent to an activating group) is 1. The van der Waals surface area contributed by atoms with Gasteiger partial charge >= 0.3 is 0 Å². The quantitative estimate of drug-likeness (QED) is 0.727. The number of hydrogen-bond donors (Lipinski definition) is 1. The van der Waals surface area contributed by atoms with Crippen LogP contribution in [0.2, 0.25) is 0 Å². The maximum absolute atomic E-state index is 14.4. The van der Waals surface area contributed by atoms with E-state index in [4.69, 9.17) is 14.6 Å². The van der Waals surface area contributed by atoms with Crippen molar-refractivity contribution >= 4 is 12.4 Å². The fraction of sp³-hybridized carbons (Fsp3) is 0.619. The molecule has 0 aliphatic carbocycles. The van der Waals surface area contributed by atoms with E-state index in [2.05, 4.69) is 16.8 Å². The summed E-state index contributed by atoms with van der Waals surface area (Å²) < 4.78 is 33.2. The molecule has 0 aromatic heterocycles. The third kappa shape index (κ3) is 6.12. The molecule has 3 rings (SSSR count). The van der Waals surface area contributed by atoms with Crippen LogP contribution in [-0.4, -0.2) is 91.7 Å². The second-order valence-electron chi connectivity index (χ2n) is 7.63. The highest BCUT2D eigenvalue weighted by molar-refractivity contribution is 5.97. The molecule has 2 heterocycles. The monoisotopic (exact) mass is 427 g/mol. The summed E-state index contributed by atoms with van der Waals surface area (Å²) in [5.74, 6) is -2.53. The molecular weight excluding hydrogens is 396 g/mol. The van der Waals surface area contributed by atoms with Crippen LogP contribution in [0.5, 0.6) is 5.75 Å². The standard InChI is InChI=1S/C20H29F2N3O2.CH2O2/c1-23-11-13-24(14-12-23)10-8-15-5-3-4-9-25(15)20(26)18-17(27-2)7-6-16(21)19(18)22;2-1-3/h6-7,15H,3-5,8-14H2,1-2H3;1H,(H,2,3). The van der Waals surface area contributed by atoms with E-state index >= 15 is 0 Å². The predicted octanol–water partition coefficient (Wildman–Crippen LogP) is 2.31. The van der Waals surface area contributed by atoms with Crippen LogP contribution in [0.15, 0.2) is 12.1 Å². The number of amides is 1. The van der Waals surface area contributed by atoms with Gasteiger partial charge in [-0.1, -0.05) is 0 Å². The minimum atomic E-state index is -1.12. The summed E-state index contributed by atoms with van der Waals surface area (Å²) in [4.78, 5) is 27.9. The van der Waals surface area contributed by atoms with Gasteiger partial charge in [-0.2, -0.15) is 0 Å². The van der Waals surface area contributed by atoms with E-state index in [1.807, 2.05) is 0 Å². The van der Waals surface area contributed by atoms with Crippen LogP contribution in [0.4, 0.5) is 8.78 Å². The molecule has 0 spiro atoms. The minimum Gasteiger partial charge on any atom is -0.496 e. The number of methoxy groups -OCH3 is 1. The third-order valence-corrected chi connectivity index (χ3v) is 5.75. The summed E-state index contributed by atoms with van der Waals surface area (Å²) in [7, 11) is 3.49. The maximum Gasteiger partial charge on any atom is 0.290 e. The number of hydrogen-bond acceptors (Lipinski definition) is 5. The summed E-state index contributed by atoms with van der Waals surface area (Å²) in [6.07, 6.45) is 3.70. The molecule has 0 radical (unpaired) electrons. The molecule has 7 nitrogen and oxygen atoms in total. The lowest BCUT2D eigenvalue weighted by molar-refractivity contribution is -0.122. The zero-order valence-electron chi connectivity index (χ0n) is 17.6. The van der Waals surface area contributed by atoms with Gasteiger partial charge in [0.1, 0.15) is 11.3 Å². The number of rotatable bonds is 5. The first kappa shape index (κ1) is 24.0. The molecule has 1 aromatic carbocycles. The molecule has 1 aromatic rings. The molecule has 2 aliphatic rings. The number of carbonyl (C=O) groups excluding carboxylic acids is 1. The molecule has 1 atom stereocenters. The van der Waals surface area contributed by atoms with E-state index in [1.54, 1.807) is 4.90 Å². The maximum atomic E-state index is 14.4. The molecule has 1 N–H and O–H groups in total. The highest BCUT2D eigenvalue weighted by Gasteiger charge is 2.32. The molecule has 1 amide bonds. The second kappa shape index (κ2) is 11.8. The summed E-state index contributed by atoms with van der Waals surface area (Å²) in [6.45, 7) is 5.42. The molecular formula is C21H31F2N3O4. The largest absolute Gasteiger partial charge is 0.496 e. The first-order valence-electron chi connectivity index (χ1n) is 10.2. The smallest absolute Gasteiger partial charge is 0.290 e. The van der Waals surface area contributed by atoms with Crippen molar-refractivity contribution in [1.29, 1.82) is 0 Å². The average Bonchev–Trinajstić information content (AvgIpc) is 2.75. The Kier molecular flexibility index (Phi) is 9.45. The zero-order chi connectivity index (χ0) is 22.1. The first-order valence-corrected chi connectivity index (χ1v) is 10.2. The Morgan fingerprint density at radius 3 is 2.50 bits per heavy atom. The summed E-state index contributed by atoms with van der Waals surface area (Å²) >= 11 is 0. The van der Waals surface area contributed by atoms with Crippen molar-refractivity contribution in [1.82, 2.24) is 14.7 Å². The van der Waals surface area contributed by atoms with Crippen molar-refractivity contribution in [3.05, 3.63) is 29.3 Å².